The van der Waals surface area contributed by atoms with Gasteiger partial charge in [-0.3, -0.25) is 14.6 Å². The number of hydrogen-bond donors (Lipinski definition) is 3. The second-order valence-corrected chi connectivity index (χ2v) is 12.0. The van der Waals surface area contributed by atoms with Crippen molar-refractivity contribution in [3.05, 3.63) is 82.9 Å². The summed E-state index contributed by atoms with van der Waals surface area (Å²) < 4.78 is 25.6. The molecule has 0 radical (unpaired) electrons. The smallest absolute Gasteiger partial charge is 0.251 e. The first kappa shape index (κ1) is 27.8. The van der Waals surface area contributed by atoms with Gasteiger partial charge >= 0.3 is 0 Å². The first-order valence-electron chi connectivity index (χ1n) is 13.5. The zero-order valence-corrected chi connectivity index (χ0v) is 23.8. The highest BCUT2D eigenvalue weighted by molar-refractivity contribution is 7.13. The molecule has 2 aromatic heterocycles. The van der Waals surface area contributed by atoms with E-state index in [2.05, 4.69) is 15.3 Å². The number of benzene rings is 2. The van der Waals surface area contributed by atoms with Crippen molar-refractivity contribution in [2.24, 2.45) is 5.73 Å². The second-order valence-electron chi connectivity index (χ2n) is 11.1. The van der Waals surface area contributed by atoms with Crippen molar-refractivity contribution in [1.82, 2.24) is 15.3 Å². The molecular formula is C31H29FN4O5S. The van der Waals surface area contributed by atoms with E-state index in [0.717, 1.165) is 23.3 Å². The van der Waals surface area contributed by atoms with Gasteiger partial charge in [0.2, 0.25) is 5.91 Å². The molecule has 4 aromatic rings. The fourth-order valence-electron chi connectivity index (χ4n) is 4.79. The lowest BCUT2D eigenvalue weighted by molar-refractivity contribution is -0.123. The van der Waals surface area contributed by atoms with Crippen molar-refractivity contribution < 1.29 is 28.6 Å². The Morgan fingerprint density at radius 3 is 2.67 bits per heavy atom. The molecular weight excluding hydrogens is 559 g/mol. The van der Waals surface area contributed by atoms with Gasteiger partial charge in [0, 0.05) is 28.5 Å². The SMILES string of the molecule is C[C@](O)(CNC(=O)c1ccc(OC2CC2)c(-c2cncs2)c1)c1cc2c(c(-c3ccc(F)cc3)n1)OC[C@]2(C)C(N)=O. The van der Waals surface area contributed by atoms with Crippen LogP contribution in [0.2, 0.25) is 0 Å². The molecule has 2 atom stereocenters. The molecule has 4 N–H and O–H groups in total. The van der Waals surface area contributed by atoms with Crippen molar-refractivity contribution in [3.63, 3.8) is 0 Å². The van der Waals surface area contributed by atoms with Crippen molar-refractivity contribution >= 4 is 23.2 Å². The summed E-state index contributed by atoms with van der Waals surface area (Å²) in [5, 5.41) is 14.4. The number of primary amides is 1. The van der Waals surface area contributed by atoms with Gasteiger partial charge in [-0.1, -0.05) is 0 Å². The van der Waals surface area contributed by atoms with Gasteiger partial charge in [0.1, 0.15) is 40.6 Å². The third-order valence-electron chi connectivity index (χ3n) is 7.64. The number of amides is 2. The number of carbonyl (C=O) groups is 2. The number of ether oxygens (including phenoxy) is 2. The van der Waals surface area contributed by atoms with Gasteiger partial charge in [-0.05, 0) is 75.2 Å². The topological polar surface area (TPSA) is 137 Å². The van der Waals surface area contributed by atoms with Crippen LogP contribution in [-0.4, -0.2) is 46.1 Å². The largest absolute Gasteiger partial charge is 0.490 e. The van der Waals surface area contributed by atoms with Gasteiger partial charge in [-0.2, -0.15) is 0 Å². The molecule has 2 aromatic carbocycles. The zero-order valence-electron chi connectivity index (χ0n) is 23.0. The number of aromatic nitrogens is 2. The Bertz CT molecular complexity index is 1670. The Labute approximate surface area is 245 Å². The maximum Gasteiger partial charge on any atom is 0.251 e. The molecule has 1 saturated carbocycles. The van der Waals surface area contributed by atoms with E-state index in [1.54, 1.807) is 55.0 Å². The first-order valence-corrected chi connectivity index (χ1v) is 14.4. The van der Waals surface area contributed by atoms with Crippen LogP contribution in [0.15, 0.2) is 60.2 Å². The summed E-state index contributed by atoms with van der Waals surface area (Å²) in [7, 11) is 0. The quantitative estimate of drug-likeness (QED) is 0.265. The van der Waals surface area contributed by atoms with Crippen LogP contribution in [0, 0.1) is 5.82 Å². The number of thiazole rings is 1. The van der Waals surface area contributed by atoms with E-state index in [0.29, 0.717) is 33.9 Å². The van der Waals surface area contributed by atoms with Crippen LogP contribution in [0.1, 0.15) is 48.3 Å². The first-order chi connectivity index (χ1) is 20.0. The Morgan fingerprint density at radius 2 is 2.00 bits per heavy atom. The third-order valence-corrected chi connectivity index (χ3v) is 8.44. The van der Waals surface area contributed by atoms with E-state index in [4.69, 9.17) is 15.2 Å². The number of rotatable bonds is 9. The average molecular weight is 589 g/mol. The Hall–Kier alpha value is -4.35. The fraction of sp³-hybridized carbons (Fsp3) is 0.290. The molecule has 0 spiro atoms. The normalized spacial score (nSPS) is 19.0. The van der Waals surface area contributed by atoms with Crippen LogP contribution in [0.4, 0.5) is 4.39 Å². The maximum atomic E-state index is 13.7. The summed E-state index contributed by atoms with van der Waals surface area (Å²) in [6.45, 7) is 2.99. The van der Waals surface area contributed by atoms with E-state index in [1.807, 2.05) is 0 Å². The molecule has 0 bridgehead atoms. The fourth-order valence-corrected chi connectivity index (χ4v) is 5.44. The van der Waals surface area contributed by atoms with Crippen molar-refractivity contribution in [2.45, 2.75) is 43.8 Å². The lowest BCUT2D eigenvalue weighted by atomic mass is 9.82. The van der Waals surface area contributed by atoms with Gasteiger partial charge in [0.15, 0.2) is 0 Å². The predicted molar refractivity (Wildman–Crippen MR) is 155 cm³/mol. The minimum atomic E-state index is -1.66. The highest BCUT2D eigenvalue weighted by Crippen LogP contribution is 2.45. The third kappa shape index (κ3) is 5.21. The minimum Gasteiger partial charge on any atom is -0.490 e. The molecule has 1 aliphatic heterocycles. The van der Waals surface area contributed by atoms with E-state index in [1.165, 1.54) is 30.4 Å². The van der Waals surface area contributed by atoms with Crippen LogP contribution in [0.3, 0.4) is 0 Å². The molecule has 0 unspecified atom stereocenters. The lowest BCUT2D eigenvalue weighted by Gasteiger charge is -2.26. The van der Waals surface area contributed by atoms with Crippen molar-refractivity contribution in [1.29, 1.82) is 0 Å². The molecule has 216 valence electrons. The summed E-state index contributed by atoms with van der Waals surface area (Å²) in [4.78, 5) is 35.4. The molecule has 0 saturated heterocycles. The van der Waals surface area contributed by atoms with Gasteiger partial charge in [-0.15, -0.1) is 11.3 Å². The van der Waals surface area contributed by atoms with E-state index >= 15 is 0 Å². The number of nitrogens with one attached hydrogen (secondary N) is 1. The molecule has 6 rings (SSSR count). The number of hydrogen-bond acceptors (Lipinski definition) is 8. The monoisotopic (exact) mass is 588 g/mol. The standard InChI is InChI=1S/C31H29FN4O5S/c1-30(29(33)38)15-40-27-22(30)12-25(36-26(27)17-3-6-19(32)7-4-17)31(2,39)14-35-28(37)18-5-10-23(41-20-8-9-20)21(11-18)24-13-34-16-42-24/h3-7,10-13,16,20,39H,8-9,14-15H2,1-2H3,(H2,33,38)(H,35,37)/t30-,31-/m0/s1. The number of nitrogens with two attached hydrogens (primary N) is 1. The van der Waals surface area contributed by atoms with E-state index in [9.17, 15) is 19.1 Å². The maximum absolute atomic E-state index is 13.7. The summed E-state index contributed by atoms with van der Waals surface area (Å²) >= 11 is 1.45. The molecule has 42 heavy (non-hydrogen) atoms. The number of carbonyl (C=O) groups excluding carboxylic acids is 2. The van der Waals surface area contributed by atoms with Gasteiger partial charge in [0.05, 0.1) is 28.7 Å². The summed E-state index contributed by atoms with van der Waals surface area (Å²) in [5.41, 5.74) is 7.33. The predicted octanol–water partition coefficient (Wildman–Crippen LogP) is 4.33. The average Bonchev–Trinajstić information content (AvgIpc) is 3.48. The van der Waals surface area contributed by atoms with Crippen molar-refractivity contribution in [3.8, 4) is 33.2 Å². The highest BCUT2D eigenvalue weighted by Gasteiger charge is 2.45. The van der Waals surface area contributed by atoms with Crippen LogP contribution < -0.4 is 20.5 Å². The molecule has 2 amide bonds. The van der Waals surface area contributed by atoms with Crippen LogP contribution in [0.25, 0.3) is 21.7 Å². The molecule has 9 nitrogen and oxygen atoms in total. The zero-order chi connectivity index (χ0) is 29.6. The lowest BCUT2D eigenvalue weighted by Crippen LogP contribution is -2.41. The number of aliphatic hydroxyl groups is 1. The van der Waals surface area contributed by atoms with Gasteiger partial charge < -0.3 is 25.6 Å². The minimum absolute atomic E-state index is 0.00156. The second kappa shape index (κ2) is 10.5. The Morgan fingerprint density at radius 1 is 1.24 bits per heavy atom. The molecule has 11 heteroatoms. The number of fused-ring (bicyclic) bond motifs is 1. The van der Waals surface area contributed by atoms with Crippen LogP contribution in [-0.2, 0) is 15.8 Å². The number of halogens is 1. The van der Waals surface area contributed by atoms with Crippen molar-refractivity contribution in [2.75, 3.05) is 13.2 Å². The summed E-state index contributed by atoms with van der Waals surface area (Å²) in [6, 6.07) is 12.5. The van der Waals surface area contributed by atoms with Crippen LogP contribution >= 0.6 is 11.3 Å². The Kier molecular flexibility index (Phi) is 6.94. The number of nitrogens with zero attached hydrogens (tertiary/aromatic N) is 2. The van der Waals surface area contributed by atoms with Gasteiger partial charge in [-0.25, -0.2) is 9.37 Å². The summed E-state index contributed by atoms with van der Waals surface area (Å²) in [5.74, 6) is -0.377. The van der Waals surface area contributed by atoms with Gasteiger partial charge in [0.25, 0.3) is 5.91 Å². The molecule has 1 aliphatic carbocycles. The molecule has 2 aliphatic rings. The molecule has 1 fully saturated rings. The number of pyridine rings is 1. The summed E-state index contributed by atoms with van der Waals surface area (Å²) in [6.07, 6.45) is 3.93. The highest BCUT2D eigenvalue weighted by atomic mass is 32.1. The van der Waals surface area contributed by atoms with Crippen LogP contribution in [0.5, 0.6) is 11.5 Å². The molecule has 3 heterocycles. The Balaban J connectivity index is 1.30. The van der Waals surface area contributed by atoms with E-state index < -0.39 is 28.6 Å². The van der Waals surface area contributed by atoms with E-state index in [-0.39, 0.29) is 24.9 Å².